The van der Waals surface area contributed by atoms with Gasteiger partial charge >= 0.3 is 0 Å². The van der Waals surface area contributed by atoms with Crippen LogP contribution in [0.4, 0.5) is 17.1 Å². The van der Waals surface area contributed by atoms with Gasteiger partial charge in [-0.15, -0.1) is 0 Å². The molecule has 0 radical (unpaired) electrons. The van der Waals surface area contributed by atoms with Gasteiger partial charge in [-0.05, 0) is 98.2 Å². The largest absolute Gasteiger partial charge is 0.455 e. The lowest BCUT2D eigenvalue weighted by Crippen LogP contribution is -2.10. The minimum atomic E-state index is 0.907. The van der Waals surface area contributed by atoms with Gasteiger partial charge in [-0.25, -0.2) is 0 Å². The van der Waals surface area contributed by atoms with Crippen LogP contribution in [0.3, 0.4) is 0 Å². The second kappa shape index (κ2) is 13.4. The molecular weight excluding hydrogens is 655 g/mol. The molecule has 0 atom stereocenters. The molecule has 0 spiro atoms. The van der Waals surface area contributed by atoms with Crippen molar-refractivity contribution in [1.29, 1.82) is 0 Å². The molecule has 0 bridgehead atoms. The number of anilines is 3. The average Bonchev–Trinajstić information content (AvgIpc) is 3.64. The average molecular weight is 690 g/mol. The van der Waals surface area contributed by atoms with Crippen molar-refractivity contribution in [3.05, 3.63) is 212 Å². The second-order valence-electron chi connectivity index (χ2n) is 13.7. The van der Waals surface area contributed by atoms with Gasteiger partial charge in [0.25, 0.3) is 0 Å². The molecule has 10 rings (SSSR count). The van der Waals surface area contributed by atoms with Crippen molar-refractivity contribution in [2.24, 2.45) is 0 Å². The van der Waals surface area contributed by atoms with E-state index in [0.717, 1.165) is 50.1 Å². The normalized spacial score (nSPS) is 11.3. The van der Waals surface area contributed by atoms with Gasteiger partial charge in [-0.2, -0.15) is 0 Å². The number of hydrogen-bond acceptors (Lipinski definition) is 2. The lowest BCUT2D eigenvalue weighted by atomic mass is 9.97. The third kappa shape index (κ3) is 5.71. The van der Waals surface area contributed by atoms with E-state index in [-0.39, 0.29) is 0 Å². The Hall–Kier alpha value is -7.16. The highest BCUT2D eigenvalue weighted by Crippen LogP contribution is 2.41. The number of benzene rings is 9. The lowest BCUT2D eigenvalue weighted by Gasteiger charge is -2.26. The molecule has 0 aliphatic heterocycles. The van der Waals surface area contributed by atoms with Crippen molar-refractivity contribution < 1.29 is 4.42 Å². The highest BCUT2D eigenvalue weighted by Gasteiger charge is 2.17. The predicted molar refractivity (Wildman–Crippen MR) is 228 cm³/mol. The van der Waals surface area contributed by atoms with E-state index in [1.54, 1.807) is 0 Å². The molecule has 0 aliphatic carbocycles. The molecule has 254 valence electrons. The summed E-state index contributed by atoms with van der Waals surface area (Å²) >= 11 is 0. The van der Waals surface area contributed by atoms with Crippen LogP contribution in [0.25, 0.3) is 77.2 Å². The molecule has 0 saturated carbocycles. The Labute approximate surface area is 314 Å². The summed E-state index contributed by atoms with van der Waals surface area (Å²) in [6, 6.07) is 75.9. The Morgan fingerprint density at radius 3 is 1.63 bits per heavy atom. The van der Waals surface area contributed by atoms with Crippen LogP contribution >= 0.6 is 0 Å². The maximum atomic E-state index is 6.41. The molecule has 1 heterocycles. The van der Waals surface area contributed by atoms with Crippen molar-refractivity contribution in [2.45, 2.75) is 0 Å². The van der Waals surface area contributed by atoms with Crippen molar-refractivity contribution in [3.63, 3.8) is 0 Å². The minimum absolute atomic E-state index is 0.907. The fraction of sp³-hybridized carbons (Fsp3) is 0. The zero-order chi connectivity index (χ0) is 35.8. The van der Waals surface area contributed by atoms with Gasteiger partial charge in [0.15, 0.2) is 0 Å². The van der Waals surface area contributed by atoms with Crippen molar-refractivity contribution in [1.82, 2.24) is 0 Å². The molecule has 0 saturated heterocycles. The SMILES string of the molecule is c1ccc(-c2cccc(-c3ccc(N(c4ccc(-c5cccc6c5oc5ccccc56)cc4)c4cccc(-c5cccc6ccccc56)c4)cc3)c2)cc1. The van der Waals surface area contributed by atoms with Gasteiger partial charge in [0.05, 0.1) is 0 Å². The monoisotopic (exact) mass is 689 g/mol. The second-order valence-corrected chi connectivity index (χ2v) is 13.7. The van der Waals surface area contributed by atoms with E-state index in [1.165, 1.54) is 44.2 Å². The smallest absolute Gasteiger partial charge is 0.143 e. The Kier molecular flexibility index (Phi) is 7.85. The molecule has 9 aromatic carbocycles. The van der Waals surface area contributed by atoms with Gasteiger partial charge in [0.2, 0.25) is 0 Å². The van der Waals surface area contributed by atoms with Crippen LogP contribution in [0, 0.1) is 0 Å². The Bertz CT molecular complexity index is 2920. The van der Waals surface area contributed by atoms with E-state index in [9.17, 15) is 0 Å². The fourth-order valence-corrected chi connectivity index (χ4v) is 7.81. The molecule has 2 nitrogen and oxygen atoms in total. The van der Waals surface area contributed by atoms with Gasteiger partial charge < -0.3 is 9.32 Å². The van der Waals surface area contributed by atoms with Crippen molar-refractivity contribution >= 4 is 49.8 Å². The third-order valence-corrected chi connectivity index (χ3v) is 10.5. The van der Waals surface area contributed by atoms with Crippen LogP contribution in [0.1, 0.15) is 0 Å². The summed E-state index contributed by atoms with van der Waals surface area (Å²) in [4.78, 5) is 2.35. The number of para-hydroxylation sites is 2. The summed E-state index contributed by atoms with van der Waals surface area (Å²) in [7, 11) is 0. The Morgan fingerprint density at radius 1 is 0.296 bits per heavy atom. The van der Waals surface area contributed by atoms with E-state index >= 15 is 0 Å². The van der Waals surface area contributed by atoms with Gasteiger partial charge in [0.1, 0.15) is 11.2 Å². The Morgan fingerprint density at radius 2 is 0.833 bits per heavy atom. The number of rotatable bonds is 7. The summed E-state index contributed by atoms with van der Waals surface area (Å²) in [6.07, 6.45) is 0. The van der Waals surface area contributed by atoms with Crippen LogP contribution in [-0.4, -0.2) is 0 Å². The quantitative estimate of drug-likeness (QED) is 0.166. The molecule has 0 N–H and O–H groups in total. The van der Waals surface area contributed by atoms with Crippen molar-refractivity contribution in [2.75, 3.05) is 4.90 Å². The van der Waals surface area contributed by atoms with Gasteiger partial charge in [0, 0.05) is 33.4 Å². The zero-order valence-corrected chi connectivity index (χ0v) is 29.6. The molecule has 0 amide bonds. The summed E-state index contributed by atoms with van der Waals surface area (Å²) in [5.41, 5.74) is 14.5. The van der Waals surface area contributed by atoms with Crippen LogP contribution < -0.4 is 4.90 Å². The minimum Gasteiger partial charge on any atom is -0.455 e. The first kappa shape index (κ1) is 31.6. The number of fused-ring (bicyclic) bond motifs is 4. The van der Waals surface area contributed by atoms with Crippen molar-refractivity contribution in [3.8, 4) is 44.5 Å². The van der Waals surface area contributed by atoms with E-state index in [0.29, 0.717) is 0 Å². The third-order valence-electron chi connectivity index (χ3n) is 10.5. The van der Waals surface area contributed by atoms with Crippen LogP contribution in [-0.2, 0) is 0 Å². The van der Waals surface area contributed by atoms with E-state index in [1.807, 2.05) is 12.1 Å². The molecule has 0 fully saturated rings. The standard InChI is InChI=1S/C52H35NO/c1-2-12-36(13-3-1)40-16-8-17-41(34-40)37-26-30-43(31-27-37)53(45-19-9-18-42(35-45)47-22-10-15-38-14-4-5-20-46(38)47)44-32-28-39(29-33-44)48-23-11-24-50-49-21-6-7-25-51(49)54-52(48)50/h1-35H. The first-order chi connectivity index (χ1) is 26.8. The summed E-state index contributed by atoms with van der Waals surface area (Å²) in [6.45, 7) is 0. The van der Waals surface area contributed by atoms with Crippen LogP contribution in [0.15, 0.2) is 217 Å². The van der Waals surface area contributed by atoms with Gasteiger partial charge in [-0.3, -0.25) is 0 Å². The first-order valence-corrected chi connectivity index (χ1v) is 18.4. The number of furan rings is 1. The molecule has 1 aromatic heterocycles. The maximum absolute atomic E-state index is 6.41. The Balaban J connectivity index is 1.07. The molecule has 2 heteroatoms. The summed E-state index contributed by atoms with van der Waals surface area (Å²) in [5, 5.41) is 4.75. The van der Waals surface area contributed by atoms with Crippen LogP contribution in [0.2, 0.25) is 0 Å². The number of hydrogen-bond donors (Lipinski definition) is 0. The summed E-state index contributed by atoms with van der Waals surface area (Å²) < 4.78 is 6.41. The molecular formula is C52H35NO. The number of nitrogens with zero attached hydrogens (tertiary/aromatic N) is 1. The molecule has 0 aliphatic rings. The highest BCUT2D eigenvalue weighted by atomic mass is 16.3. The molecule has 10 aromatic rings. The maximum Gasteiger partial charge on any atom is 0.143 e. The molecule has 0 unspecified atom stereocenters. The van der Waals surface area contributed by atoms with E-state index in [4.69, 9.17) is 4.42 Å². The first-order valence-electron chi connectivity index (χ1n) is 18.4. The summed E-state index contributed by atoms with van der Waals surface area (Å²) in [5.74, 6) is 0. The highest BCUT2D eigenvalue weighted by molar-refractivity contribution is 6.09. The zero-order valence-electron chi connectivity index (χ0n) is 29.6. The fourth-order valence-electron chi connectivity index (χ4n) is 7.81. The van der Waals surface area contributed by atoms with Gasteiger partial charge in [-0.1, -0.05) is 164 Å². The van der Waals surface area contributed by atoms with E-state index in [2.05, 4.69) is 205 Å². The molecule has 54 heavy (non-hydrogen) atoms. The van der Waals surface area contributed by atoms with Crippen LogP contribution in [0.5, 0.6) is 0 Å². The predicted octanol–water partition coefficient (Wildman–Crippen LogP) is 14.9. The lowest BCUT2D eigenvalue weighted by molar-refractivity contribution is 0.670. The topological polar surface area (TPSA) is 16.4 Å². The van der Waals surface area contributed by atoms with E-state index < -0.39 is 0 Å².